The number of nitrogens with zero attached hydrogens (tertiary/aromatic N) is 1. The highest BCUT2D eigenvalue weighted by molar-refractivity contribution is 7.98. The van der Waals surface area contributed by atoms with Crippen molar-refractivity contribution in [3.8, 4) is 5.75 Å². The summed E-state index contributed by atoms with van der Waals surface area (Å²) in [5.74, 6) is 1.27. The second-order valence-electron chi connectivity index (χ2n) is 5.53. The molecule has 1 N–H and O–H groups in total. The maximum Gasteiger partial charge on any atom is 0.317 e. The van der Waals surface area contributed by atoms with Gasteiger partial charge < -0.3 is 15.0 Å². The monoisotopic (exact) mass is 310 g/mol. The Hall–Kier alpha value is -1.36. The topological polar surface area (TPSA) is 41.6 Å². The first-order chi connectivity index (χ1) is 9.88. The van der Waals surface area contributed by atoms with Crippen LogP contribution in [0.4, 0.5) is 4.79 Å². The van der Waals surface area contributed by atoms with Gasteiger partial charge in [-0.15, -0.1) is 11.8 Å². The fraction of sp³-hybridized carbons (Fsp3) is 0.562. The first-order valence-electron chi connectivity index (χ1n) is 7.11. The highest BCUT2D eigenvalue weighted by Crippen LogP contribution is 2.28. The zero-order valence-electron chi connectivity index (χ0n) is 13.8. The van der Waals surface area contributed by atoms with Crippen LogP contribution in [0.2, 0.25) is 0 Å². The van der Waals surface area contributed by atoms with Gasteiger partial charge in [-0.3, -0.25) is 0 Å². The third kappa shape index (κ3) is 5.16. The summed E-state index contributed by atoms with van der Waals surface area (Å²) in [5, 5.41) is 3.00. The lowest BCUT2D eigenvalue weighted by molar-refractivity contribution is 0.200. The molecule has 1 atom stereocenters. The van der Waals surface area contributed by atoms with E-state index >= 15 is 0 Å². The summed E-state index contributed by atoms with van der Waals surface area (Å²) >= 11 is 1.65. The zero-order valence-corrected chi connectivity index (χ0v) is 14.6. The number of ether oxygens (including phenoxy) is 1. The van der Waals surface area contributed by atoms with Crippen molar-refractivity contribution < 1.29 is 9.53 Å². The second-order valence-corrected chi connectivity index (χ2v) is 6.38. The van der Waals surface area contributed by atoms with Gasteiger partial charge in [0.05, 0.1) is 7.11 Å². The van der Waals surface area contributed by atoms with Crippen LogP contribution in [-0.4, -0.2) is 37.4 Å². The largest absolute Gasteiger partial charge is 0.496 e. The number of hydrogen-bond acceptors (Lipinski definition) is 3. The number of carbonyl (C=O) groups excluding carboxylic acids is 1. The van der Waals surface area contributed by atoms with Crippen LogP contribution in [-0.2, 0) is 6.54 Å². The van der Waals surface area contributed by atoms with Crippen molar-refractivity contribution in [2.45, 2.75) is 38.3 Å². The molecule has 0 radical (unpaired) electrons. The summed E-state index contributed by atoms with van der Waals surface area (Å²) < 4.78 is 5.38. The first-order valence-corrected chi connectivity index (χ1v) is 8.34. The third-order valence-corrected chi connectivity index (χ3v) is 4.34. The zero-order chi connectivity index (χ0) is 16.0. The number of benzene rings is 1. The van der Waals surface area contributed by atoms with Crippen LogP contribution in [0.25, 0.3) is 0 Å². The van der Waals surface area contributed by atoms with Crippen LogP contribution in [0.3, 0.4) is 0 Å². The van der Waals surface area contributed by atoms with Crippen LogP contribution >= 0.6 is 11.8 Å². The Balaban J connectivity index is 2.70. The molecule has 0 bridgehead atoms. The highest BCUT2D eigenvalue weighted by Gasteiger charge is 2.15. The van der Waals surface area contributed by atoms with Crippen LogP contribution in [0.5, 0.6) is 5.75 Å². The molecule has 1 unspecified atom stereocenters. The smallest absolute Gasteiger partial charge is 0.317 e. The number of methoxy groups -OCH3 is 1. The van der Waals surface area contributed by atoms with Gasteiger partial charge in [0.25, 0.3) is 0 Å². The molecular formula is C16H26N2O2S. The predicted molar refractivity (Wildman–Crippen MR) is 89.1 cm³/mol. The third-order valence-electron chi connectivity index (χ3n) is 3.57. The molecule has 0 aromatic heterocycles. The minimum Gasteiger partial charge on any atom is -0.496 e. The van der Waals surface area contributed by atoms with E-state index < -0.39 is 0 Å². The van der Waals surface area contributed by atoms with Crippen molar-refractivity contribution in [1.82, 2.24) is 10.2 Å². The summed E-state index contributed by atoms with van der Waals surface area (Å²) in [5.41, 5.74) is 1.06. The average molecular weight is 310 g/mol. The van der Waals surface area contributed by atoms with Crippen molar-refractivity contribution in [3.05, 3.63) is 23.8 Å². The maximum absolute atomic E-state index is 12.1. The summed E-state index contributed by atoms with van der Waals surface area (Å²) in [7, 11) is 3.47. The molecule has 0 aliphatic rings. The van der Waals surface area contributed by atoms with Crippen LogP contribution in [0, 0.1) is 5.92 Å². The quantitative estimate of drug-likeness (QED) is 0.816. The molecule has 0 saturated heterocycles. The molecule has 1 aromatic carbocycles. The molecule has 21 heavy (non-hydrogen) atoms. The number of nitrogens with one attached hydrogen (secondary N) is 1. The minimum absolute atomic E-state index is 0.0518. The van der Waals surface area contributed by atoms with Crippen LogP contribution < -0.4 is 10.1 Å². The number of rotatable bonds is 6. The predicted octanol–water partition coefficient (Wildman–Crippen LogP) is 3.60. The molecule has 0 spiro atoms. The Labute approximate surface area is 132 Å². The highest BCUT2D eigenvalue weighted by atomic mass is 32.2. The Kier molecular flexibility index (Phi) is 6.89. The van der Waals surface area contributed by atoms with E-state index in [9.17, 15) is 4.79 Å². The normalized spacial score (nSPS) is 12.1. The van der Waals surface area contributed by atoms with Gasteiger partial charge in [0.1, 0.15) is 5.75 Å². The molecular weight excluding hydrogens is 284 g/mol. The van der Waals surface area contributed by atoms with Crippen molar-refractivity contribution in [3.63, 3.8) is 0 Å². The number of urea groups is 1. The van der Waals surface area contributed by atoms with E-state index in [1.165, 1.54) is 0 Å². The standard InChI is InChI=1S/C16H26N2O2S/c1-11(2)12(3)17-16(19)18(4)10-13-7-8-15(21-6)14(9-13)20-5/h7-9,11-12H,10H2,1-6H3,(H,17,19). The van der Waals surface area contributed by atoms with Crippen molar-refractivity contribution in [2.75, 3.05) is 20.4 Å². The van der Waals surface area contributed by atoms with E-state index in [1.54, 1.807) is 30.8 Å². The van der Waals surface area contributed by atoms with Gasteiger partial charge in [0.15, 0.2) is 0 Å². The molecule has 1 aromatic rings. The Bertz CT molecular complexity index is 477. The van der Waals surface area contributed by atoms with Gasteiger partial charge in [-0.25, -0.2) is 4.79 Å². The van der Waals surface area contributed by atoms with Crippen molar-refractivity contribution in [2.24, 2.45) is 5.92 Å². The van der Waals surface area contributed by atoms with Gasteiger partial charge in [-0.1, -0.05) is 19.9 Å². The first kappa shape index (κ1) is 17.7. The molecule has 0 fully saturated rings. The molecule has 0 aliphatic carbocycles. The average Bonchev–Trinajstić information content (AvgIpc) is 2.46. The number of thioether (sulfide) groups is 1. The Morgan fingerprint density at radius 1 is 1.38 bits per heavy atom. The van der Waals surface area contributed by atoms with E-state index in [-0.39, 0.29) is 12.1 Å². The molecule has 0 saturated carbocycles. The maximum atomic E-state index is 12.1. The number of amides is 2. The van der Waals surface area contributed by atoms with Crippen molar-refractivity contribution in [1.29, 1.82) is 0 Å². The number of hydrogen-bond donors (Lipinski definition) is 1. The second kappa shape index (κ2) is 8.17. The van der Waals surface area contributed by atoms with Crippen molar-refractivity contribution >= 4 is 17.8 Å². The van der Waals surface area contributed by atoms with Crippen LogP contribution in [0.1, 0.15) is 26.3 Å². The van der Waals surface area contributed by atoms with Gasteiger partial charge in [0.2, 0.25) is 0 Å². The van der Waals surface area contributed by atoms with Gasteiger partial charge in [-0.2, -0.15) is 0 Å². The summed E-state index contributed by atoms with van der Waals surface area (Å²) in [6, 6.07) is 6.16. The van der Waals surface area contributed by atoms with Crippen LogP contribution in [0.15, 0.2) is 23.1 Å². The molecule has 1 rings (SSSR count). The molecule has 118 valence electrons. The number of carbonyl (C=O) groups is 1. The Morgan fingerprint density at radius 2 is 2.05 bits per heavy atom. The van der Waals surface area contributed by atoms with Gasteiger partial charge in [-0.05, 0) is 36.8 Å². The Morgan fingerprint density at radius 3 is 2.57 bits per heavy atom. The van der Waals surface area contributed by atoms with E-state index in [0.29, 0.717) is 12.5 Å². The molecule has 2 amide bonds. The van der Waals surface area contributed by atoms with E-state index in [2.05, 4.69) is 19.2 Å². The summed E-state index contributed by atoms with van der Waals surface area (Å²) in [6.07, 6.45) is 2.02. The van der Waals surface area contributed by atoms with E-state index in [1.807, 2.05) is 31.4 Å². The molecule has 0 heterocycles. The van der Waals surface area contributed by atoms with E-state index in [0.717, 1.165) is 16.2 Å². The lowest BCUT2D eigenvalue weighted by atomic mass is 10.1. The van der Waals surface area contributed by atoms with Gasteiger partial charge >= 0.3 is 6.03 Å². The minimum atomic E-state index is -0.0518. The van der Waals surface area contributed by atoms with Gasteiger partial charge in [0, 0.05) is 24.5 Å². The van der Waals surface area contributed by atoms with E-state index in [4.69, 9.17) is 4.74 Å². The molecule has 5 heteroatoms. The lowest BCUT2D eigenvalue weighted by Gasteiger charge is -2.23. The summed E-state index contributed by atoms with van der Waals surface area (Å²) in [4.78, 5) is 14.9. The lowest BCUT2D eigenvalue weighted by Crippen LogP contribution is -2.43. The fourth-order valence-corrected chi connectivity index (χ4v) is 2.34. The molecule has 4 nitrogen and oxygen atoms in total. The SMILES string of the molecule is COc1cc(CN(C)C(=O)NC(C)C(C)C)ccc1SC. The molecule has 0 aliphatic heterocycles. The fourth-order valence-electron chi connectivity index (χ4n) is 1.80. The summed E-state index contributed by atoms with van der Waals surface area (Å²) in [6.45, 7) is 6.77.